The molecule has 0 saturated heterocycles. The summed E-state index contributed by atoms with van der Waals surface area (Å²) in [5.41, 5.74) is 5.50. The molecule has 0 bridgehead atoms. The van der Waals surface area contributed by atoms with Crippen LogP contribution >= 0.6 is 0 Å². The lowest BCUT2D eigenvalue weighted by Gasteiger charge is -2.07. The molecular formula is C19H19N2O. The van der Waals surface area contributed by atoms with Crippen molar-refractivity contribution in [3.05, 3.63) is 66.0 Å². The zero-order chi connectivity index (χ0) is 15.5. The Hall–Kier alpha value is -2.55. The molecule has 0 amide bonds. The summed E-state index contributed by atoms with van der Waals surface area (Å²) in [4.78, 5) is 0. The number of aryl methyl sites for hydroxylation is 1. The van der Waals surface area contributed by atoms with Crippen molar-refractivity contribution in [2.45, 2.75) is 20.8 Å². The van der Waals surface area contributed by atoms with Crippen molar-refractivity contribution in [2.75, 3.05) is 6.61 Å². The van der Waals surface area contributed by atoms with Gasteiger partial charge in [-0.25, -0.2) is 4.68 Å². The highest BCUT2D eigenvalue weighted by Gasteiger charge is 2.14. The Bertz CT molecular complexity index is 758. The van der Waals surface area contributed by atoms with Crippen LogP contribution in [0.15, 0.2) is 48.5 Å². The van der Waals surface area contributed by atoms with E-state index in [4.69, 9.17) is 4.74 Å². The molecule has 0 spiro atoms. The van der Waals surface area contributed by atoms with Crippen molar-refractivity contribution in [3.63, 3.8) is 0 Å². The highest BCUT2D eigenvalue weighted by molar-refractivity contribution is 5.69. The monoisotopic (exact) mass is 291 g/mol. The summed E-state index contributed by atoms with van der Waals surface area (Å²) in [5, 5.41) is 4.68. The molecule has 0 aliphatic heterocycles. The molecule has 0 aliphatic rings. The number of nitrogens with zero attached hydrogens (tertiary/aromatic N) is 2. The van der Waals surface area contributed by atoms with Gasteiger partial charge in [-0.05, 0) is 56.7 Å². The first kappa shape index (κ1) is 14.4. The number of rotatable bonds is 4. The summed E-state index contributed by atoms with van der Waals surface area (Å²) in [6, 6.07) is 19.1. The minimum Gasteiger partial charge on any atom is -0.494 e. The molecule has 0 N–H and O–H groups in total. The Morgan fingerprint density at radius 2 is 1.91 bits per heavy atom. The summed E-state index contributed by atoms with van der Waals surface area (Å²) in [7, 11) is 0. The van der Waals surface area contributed by atoms with Gasteiger partial charge in [0.05, 0.1) is 18.0 Å². The van der Waals surface area contributed by atoms with Crippen LogP contribution < -0.4 is 4.74 Å². The predicted molar refractivity (Wildman–Crippen MR) is 88.5 cm³/mol. The fourth-order valence-electron chi connectivity index (χ4n) is 2.71. The minimum atomic E-state index is 0.680. The van der Waals surface area contributed by atoms with Gasteiger partial charge in [0.25, 0.3) is 0 Å². The van der Waals surface area contributed by atoms with Crippen LogP contribution in [0.1, 0.15) is 18.3 Å². The van der Waals surface area contributed by atoms with Crippen molar-refractivity contribution < 1.29 is 4.74 Å². The SMILES string of the molecule is CCOc1ccc(-c2c(C)nn(-c3c[c]ccc3)c2C)cc1. The van der Waals surface area contributed by atoms with E-state index in [1.165, 1.54) is 5.56 Å². The molecule has 1 aromatic heterocycles. The molecule has 111 valence electrons. The highest BCUT2D eigenvalue weighted by Crippen LogP contribution is 2.29. The Kier molecular flexibility index (Phi) is 3.96. The second-order valence-corrected chi connectivity index (χ2v) is 5.18. The van der Waals surface area contributed by atoms with Crippen LogP contribution in [0.4, 0.5) is 0 Å². The van der Waals surface area contributed by atoms with Crippen LogP contribution in [0.25, 0.3) is 16.8 Å². The largest absolute Gasteiger partial charge is 0.494 e. The number of aromatic nitrogens is 2. The van der Waals surface area contributed by atoms with Crippen molar-refractivity contribution in [3.8, 4) is 22.6 Å². The summed E-state index contributed by atoms with van der Waals surface area (Å²) in [6.45, 7) is 6.81. The maximum absolute atomic E-state index is 5.51. The Morgan fingerprint density at radius 1 is 1.14 bits per heavy atom. The Labute approximate surface area is 131 Å². The lowest BCUT2D eigenvalue weighted by atomic mass is 10.0. The molecule has 1 radical (unpaired) electrons. The maximum atomic E-state index is 5.51. The van der Waals surface area contributed by atoms with Crippen LogP contribution in [0, 0.1) is 19.9 Å². The summed E-state index contributed by atoms with van der Waals surface area (Å²) < 4.78 is 7.48. The average Bonchev–Trinajstić information content (AvgIpc) is 2.84. The van der Waals surface area contributed by atoms with Crippen molar-refractivity contribution in [1.29, 1.82) is 0 Å². The second kappa shape index (κ2) is 6.06. The van der Waals surface area contributed by atoms with E-state index in [1.54, 1.807) is 0 Å². The molecule has 2 aromatic carbocycles. The van der Waals surface area contributed by atoms with Crippen LogP contribution in [-0.2, 0) is 0 Å². The number of benzene rings is 2. The molecule has 3 aromatic rings. The summed E-state index contributed by atoms with van der Waals surface area (Å²) >= 11 is 0. The van der Waals surface area contributed by atoms with Gasteiger partial charge in [0, 0.05) is 11.3 Å². The highest BCUT2D eigenvalue weighted by atomic mass is 16.5. The third kappa shape index (κ3) is 2.62. The number of hydrogen-bond donors (Lipinski definition) is 0. The summed E-state index contributed by atoms with van der Waals surface area (Å²) in [5.74, 6) is 0.895. The first-order valence-electron chi connectivity index (χ1n) is 7.46. The van der Waals surface area contributed by atoms with Gasteiger partial charge in [-0.15, -0.1) is 0 Å². The first-order chi connectivity index (χ1) is 10.7. The van der Waals surface area contributed by atoms with Gasteiger partial charge >= 0.3 is 0 Å². The fourth-order valence-corrected chi connectivity index (χ4v) is 2.71. The van der Waals surface area contributed by atoms with E-state index in [2.05, 4.69) is 30.2 Å². The lowest BCUT2D eigenvalue weighted by molar-refractivity contribution is 0.340. The van der Waals surface area contributed by atoms with E-state index in [9.17, 15) is 0 Å². The smallest absolute Gasteiger partial charge is 0.119 e. The Balaban J connectivity index is 2.03. The van der Waals surface area contributed by atoms with Crippen molar-refractivity contribution >= 4 is 0 Å². The van der Waals surface area contributed by atoms with E-state index in [0.29, 0.717) is 6.61 Å². The van der Waals surface area contributed by atoms with Gasteiger partial charge in [0.1, 0.15) is 5.75 Å². The molecule has 0 saturated carbocycles. The molecule has 3 nitrogen and oxygen atoms in total. The quantitative estimate of drug-likeness (QED) is 0.714. The van der Waals surface area contributed by atoms with Crippen LogP contribution in [0.5, 0.6) is 5.75 Å². The minimum absolute atomic E-state index is 0.680. The van der Waals surface area contributed by atoms with E-state index in [1.807, 2.05) is 54.9 Å². The molecule has 0 atom stereocenters. The number of hydrogen-bond acceptors (Lipinski definition) is 2. The summed E-state index contributed by atoms with van der Waals surface area (Å²) in [6.07, 6.45) is 0. The molecule has 3 heteroatoms. The standard InChI is InChI=1S/C19H19N2O/c1-4-22-18-12-10-16(11-13-18)19-14(2)20-21(15(19)3)17-8-6-5-7-9-17/h5-6,8-13H,4H2,1-3H3. The maximum Gasteiger partial charge on any atom is 0.119 e. The van der Waals surface area contributed by atoms with Gasteiger partial charge in [0.2, 0.25) is 0 Å². The third-order valence-corrected chi connectivity index (χ3v) is 3.68. The Morgan fingerprint density at radius 3 is 2.55 bits per heavy atom. The average molecular weight is 291 g/mol. The topological polar surface area (TPSA) is 27.1 Å². The van der Waals surface area contributed by atoms with Crippen LogP contribution in [0.2, 0.25) is 0 Å². The zero-order valence-electron chi connectivity index (χ0n) is 13.1. The first-order valence-corrected chi connectivity index (χ1v) is 7.46. The molecule has 3 rings (SSSR count). The predicted octanol–water partition coefficient (Wildman–Crippen LogP) is 4.36. The van der Waals surface area contributed by atoms with Crippen molar-refractivity contribution in [1.82, 2.24) is 9.78 Å². The number of ether oxygens (including phenoxy) is 1. The zero-order valence-corrected chi connectivity index (χ0v) is 13.1. The van der Waals surface area contributed by atoms with Gasteiger partial charge in [0.15, 0.2) is 0 Å². The van der Waals surface area contributed by atoms with E-state index in [0.717, 1.165) is 28.4 Å². The molecule has 1 heterocycles. The third-order valence-electron chi connectivity index (χ3n) is 3.68. The van der Waals surface area contributed by atoms with E-state index in [-0.39, 0.29) is 0 Å². The lowest BCUT2D eigenvalue weighted by Crippen LogP contribution is -1.98. The van der Waals surface area contributed by atoms with Gasteiger partial charge in [-0.1, -0.05) is 24.3 Å². The second-order valence-electron chi connectivity index (χ2n) is 5.18. The molecule has 0 fully saturated rings. The van der Waals surface area contributed by atoms with E-state index < -0.39 is 0 Å². The molecule has 0 unspecified atom stereocenters. The van der Waals surface area contributed by atoms with Crippen LogP contribution in [-0.4, -0.2) is 16.4 Å². The van der Waals surface area contributed by atoms with Crippen molar-refractivity contribution in [2.24, 2.45) is 0 Å². The molecular weight excluding hydrogens is 272 g/mol. The fraction of sp³-hybridized carbons (Fsp3) is 0.211. The molecule has 22 heavy (non-hydrogen) atoms. The molecule has 0 aliphatic carbocycles. The van der Waals surface area contributed by atoms with Gasteiger partial charge in [-0.3, -0.25) is 0 Å². The van der Waals surface area contributed by atoms with Gasteiger partial charge < -0.3 is 4.74 Å². The van der Waals surface area contributed by atoms with E-state index >= 15 is 0 Å². The van der Waals surface area contributed by atoms with Gasteiger partial charge in [-0.2, -0.15) is 5.10 Å². The van der Waals surface area contributed by atoms with Crippen LogP contribution in [0.3, 0.4) is 0 Å². The normalized spacial score (nSPS) is 10.7.